The first-order chi connectivity index (χ1) is 7.56. The average Bonchev–Trinajstić information content (AvgIpc) is 2.98. The van der Waals surface area contributed by atoms with Crippen LogP contribution >= 0.6 is 0 Å². The van der Waals surface area contributed by atoms with Crippen LogP contribution in [0.3, 0.4) is 0 Å². The standard InChI is InChI=1S/C12H22N2O2/c1-8-6-14(7-9(2)16-8)12(15)5-11(13)10-3-4-10/h8-11H,3-7,13H2,1-2H3. The zero-order valence-electron chi connectivity index (χ0n) is 10.2. The van der Waals surface area contributed by atoms with Crippen LogP contribution in [0.1, 0.15) is 33.1 Å². The van der Waals surface area contributed by atoms with Crippen molar-refractivity contribution in [2.24, 2.45) is 11.7 Å². The molecule has 0 aromatic heterocycles. The molecule has 1 heterocycles. The van der Waals surface area contributed by atoms with E-state index in [-0.39, 0.29) is 24.2 Å². The molecule has 1 aliphatic carbocycles. The topological polar surface area (TPSA) is 55.6 Å². The number of nitrogens with two attached hydrogens (primary N) is 1. The normalized spacial score (nSPS) is 32.6. The number of amides is 1. The molecule has 4 heteroatoms. The maximum Gasteiger partial charge on any atom is 0.224 e. The minimum absolute atomic E-state index is 0.0703. The Morgan fingerprint density at radius 1 is 1.38 bits per heavy atom. The minimum atomic E-state index is 0.0703. The van der Waals surface area contributed by atoms with Gasteiger partial charge in [0.1, 0.15) is 0 Å². The van der Waals surface area contributed by atoms with Crippen LogP contribution in [-0.2, 0) is 9.53 Å². The van der Waals surface area contributed by atoms with Crippen molar-refractivity contribution in [1.82, 2.24) is 4.90 Å². The third kappa shape index (κ3) is 2.95. The number of carbonyl (C=O) groups excluding carboxylic acids is 1. The molecule has 0 radical (unpaired) electrons. The molecule has 16 heavy (non-hydrogen) atoms. The van der Waals surface area contributed by atoms with Gasteiger partial charge in [0.25, 0.3) is 0 Å². The number of hydrogen-bond donors (Lipinski definition) is 1. The summed E-state index contributed by atoms with van der Waals surface area (Å²) >= 11 is 0. The molecular formula is C12H22N2O2. The smallest absolute Gasteiger partial charge is 0.224 e. The predicted octanol–water partition coefficient (Wildman–Crippen LogP) is 0.750. The Balaban J connectivity index is 1.83. The van der Waals surface area contributed by atoms with Crippen molar-refractivity contribution in [1.29, 1.82) is 0 Å². The molecule has 1 amide bonds. The quantitative estimate of drug-likeness (QED) is 0.772. The second-order valence-electron chi connectivity index (χ2n) is 5.26. The van der Waals surface area contributed by atoms with Gasteiger partial charge in [-0.15, -0.1) is 0 Å². The number of ether oxygens (including phenoxy) is 1. The lowest BCUT2D eigenvalue weighted by Crippen LogP contribution is -2.49. The second kappa shape index (κ2) is 4.72. The summed E-state index contributed by atoms with van der Waals surface area (Å²) in [5, 5.41) is 0. The summed E-state index contributed by atoms with van der Waals surface area (Å²) in [6, 6.07) is 0.0703. The summed E-state index contributed by atoms with van der Waals surface area (Å²) < 4.78 is 5.61. The molecule has 4 nitrogen and oxygen atoms in total. The fourth-order valence-corrected chi connectivity index (χ4v) is 2.40. The molecule has 2 aliphatic rings. The van der Waals surface area contributed by atoms with E-state index in [0.29, 0.717) is 25.4 Å². The van der Waals surface area contributed by atoms with E-state index >= 15 is 0 Å². The molecular weight excluding hydrogens is 204 g/mol. The zero-order valence-corrected chi connectivity index (χ0v) is 10.2. The van der Waals surface area contributed by atoms with Gasteiger partial charge in [-0.05, 0) is 32.6 Å². The first-order valence-corrected chi connectivity index (χ1v) is 6.25. The highest BCUT2D eigenvalue weighted by Crippen LogP contribution is 2.33. The van der Waals surface area contributed by atoms with E-state index in [1.807, 2.05) is 18.7 Å². The van der Waals surface area contributed by atoms with Gasteiger partial charge >= 0.3 is 0 Å². The van der Waals surface area contributed by atoms with Crippen molar-refractivity contribution in [3.8, 4) is 0 Å². The van der Waals surface area contributed by atoms with Crippen LogP contribution in [0.2, 0.25) is 0 Å². The Hall–Kier alpha value is -0.610. The van der Waals surface area contributed by atoms with E-state index in [9.17, 15) is 4.79 Å². The molecule has 3 atom stereocenters. The van der Waals surface area contributed by atoms with Crippen LogP contribution in [-0.4, -0.2) is 42.1 Å². The Morgan fingerprint density at radius 3 is 2.44 bits per heavy atom. The highest BCUT2D eigenvalue weighted by Gasteiger charge is 2.32. The van der Waals surface area contributed by atoms with Gasteiger partial charge in [-0.25, -0.2) is 0 Å². The van der Waals surface area contributed by atoms with Crippen molar-refractivity contribution < 1.29 is 9.53 Å². The van der Waals surface area contributed by atoms with Crippen molar-refractivity contribution in [3.05, 3.63) is 0 Å². The summed E-state index contributed by atoms with van der Waals surface area (Å²) in [4.78, 5) is 13.9. The summed E-state index contributed by atoms with van der Waals surface area (Å²) in [5.41, 5.74) is 5.98. The van der Waals surface area contributed by atoms with Gasteiger partial charge in [0, 0.05) is 25.6 Å². The number of rotatable bonds is 3. The first-order valence-electron chi connectivity index (χ1n) is 6.25. The van der Waals surface area contributed by atoms with Gasteiger partial charge in [0.05, 0.1) is 12.2 Å². The molecule has 0 aromatic rings. The molecule has 1 saturated heterocycles. The first kappa shape index (κ1) is 11.9. The van der Waals surface area contributed by atoms with E-state index in [2.05, 4.69) is 0 Å². The minimum Gasteiger partial charge on any atom is -0.372 e. The van der Waals surface area contributed by atoms with Crippen molar-refractivity contribution in [2.45, 2.75) is 51.4 Å². The van der Waals surface area contributed by atoms with Gasteiger partial charge in [0.2, 0.25) is 5.91 Å². The van der Waals surface area contributed by atoms with Crippen molar-refractivity contribution in [2.75, 3.05) is 13.1 Å². The molecule has 2 fully saturated rings. The van der Waals surface area contributed by atoms with E-state index in [0.717, 1.165) is 0 Å². The fraction of sp³-hybridized carbons (Fsp3) is 0.917. The van der Waals surface area contributed by atoms with Crippen LogP contribution in [0.4, 0.5) is 0 Å². The third-order valence-corrected chi connectivity index (χ3v) is 3.41. The Bertz CT molecular complexity index is 256. The number of carbonyl (C=O) groups is 1. The molecule has 0 spiro atoms. The summed E-state index contributed by atoms with van der Waals surface area (Å²) in [5.74, 6) is 0.793. The van der Waals surface area contributed by atoms with E-state index in [1.54, 1.807) is 0 Å². The second-order valence-corrected chi connectivity index (χ2v) is 5.26. The van der Waals surface area contributed by atoms with Gasteiger partial charge < -0.3 is 15.4 Å². The number of nitrogens with zero attached hydrogens (tertiary/aromatic N) is 1. The maximum absolute atomic E-state index is 12.0. The highest BCUT2D eigenvalue weighted by atomic mass is 16.5. The predicted molar refractivity (Wildman–Crippen MR) is 61.9 cm³/mol. The van der Waals surface area contributed by atoms with Gasteiger partial charge in [-0.2, -0.15) is 0 Å². The SMILES string of the molecule is CC1CN(C(=O)CC(N)C2CC2)CC(C)O1. The van der Waals surface area contributed by atoms with Gasteiger partial charge in [-0.1, -0.05) is 0 Å². The summed E-state index contributed by atoms with van der Waals surface area (Å²) in [7, 11) is 0. The van der Waals surface area contributed by atoms with Crippen molar-refractivity contribution >= 4 is 5.91 Å². The van der Waals surface area contributed by atoms with E-state index < -0.39 is 0 Å². The molecule has 2 N–H and O–H groups in total. The average molecular weight is 226 g/mol. The number of morpholine rings is 1. The third-order valence-electron chi connectivity index (χ3n) is 3.41. The zero-order chi connectivity index (χ0) is 11.7. The largest absolute Gasteiger partial charge is 0.372 e. The van der Waals surface area contributed by atoms with Gasteiger partial charge in [0.15, 0.2) is 0 Å². The summed E-state index contributed by atoms with van der Waals surface area (Å²) in [6.45, 7) is 5.44. The fourth-order valence-electron chi connectivity index (χ4n) is 2.40. The Morgan fingerprint density at radius 2 is 1.94 bits per heavy atom. The maximum atomic E-state index is 12.0. The van der Waals surface area contributed by atoms with Crippen molar-refractivity contribution in [3.63, 3.8) is 0 Å². The number of hydrogen-bond acceptors (Lipinski definition) is 3. The molecule has 2 rings (SSSR count). The lowest BCUT2D eigenvalue weighted by molar-refractivity contribution is -0.143. The monoisotopic (exact) mass is 226 g/mol. The molecule has 1 saturated carbocycles. The van der Waals surface area contributed by atoms with Crippen LogP contribution in [0, 0.1) is 5.92 Å². The van der Waals surface area contributed by atoms with Crippen LogP contribution in [0.25, 0.3) is 0 Å². The molecule has 1 aliphatic heterocycles. The molecule has 3 unspecified atom stereocenters. The van der Waals surface area contributed by atoms with E-state index in [1.165, 1.54) is 12.8 Å². The van der Waals surface area contributed by atoms with Crippen LogP contribution in [0.15, 0.2) is 0 Å². The Labute approximate surface area is 97.1 Å². The van der Waals surface area contributed by atoms with Gasteiger partial charge in [-0.3, -0.25) is 4.79 Å². The summed E-state index contributed by atoms with van der Waals surface area (Å²) in [6.07, 6.45) is 3.19. The van der Waals surface area contributed by atoms with Crippen LogP contribution < -0.4 is 5.73 Å². The van der Waals surface area contributed by atoms with E-state index in [4.69, 9.17) is 10.5 Å². The lowest BCUT2D eigenvalue weighted by atomic mass is 10.1. The van der Waals surface area contributed by atoms with Crippen LogP contribution in [0.5, 0.6) is 0 Å². The molecule has 0 aromatic carbocycles. The Kier molecular flexibility index (Phi) is 3.50. The molecule has 0 bridgehead atoms. The molecule has 92 valence electrons. The highest BCUT2D eigenvalue weighted by molar-refractivity contribution is 5.77. The lowest BCUT2D eigenvalue weighted by Gasteiger charge is -2.35.